The van der Waals surface area contributed by atoms with E-state index in [0.717, 1.165) is 49.4 Å². The second-order valence-electron chi connectivity index (χ2n) is 8.32. The Morgan fingerprint density at radius 2 is 2.08 bits per heavy atom. The molecular formula is C19H34N6S. The number of thioether (sulfide) groups is 1. The summed E-state index contributed by atoms with van der Waals surface area (Å²) < 4.78 is 2.41. The van der Waals surface area contributed by atoms with Crippen molar-refractivity contribution in [1.29, 1.82) is 0 Å². The first-order chi connectivity index (χ1) is 12.5. The van der Waals surface area contributed by atoms with Crippen molar-refractivity contribution in [2.24, 2.45) is 10.4 Å². The third kappa shape index (κ3) is 4.53. The third-order valence-electron chi connectivity index (χ3n) is 5.66. The Balaban J connectivity index is 1.51. The van der Waals surface area contributed by atoms with Crippen LogP contribution in [0.25, 0.3) is 0 Å². The molecule has 3 rings (SSSR count). The van der Waals surface area contributed by atoms with Gasteiger partial charge in [0.25, 0.3) is 0 Å². The molecule has 0 unspecified atom stereocenters. The van der Waals surface area contributed by atoms with E-state index in [4.69, 9.17) is 0 Å². The number of nitrogens with zero attached hydrogens (tertiary/aromatic N) is 5. The molecule has 2 fully saturated rings. The molecule has 0 amide bonds. The number of likely N-dealkylation sites (tertiary alicyclic amines) is 1. The van der Waals surface area contributed by atoms with E-state index in [9.17, 15) is 0 Å². The number of hydrogen-bond donors (Lipinski definition) is 1. The van der Waals surface area contributed by atoms with Crippen LogP contribution in [0.2, 0.25) is 0 Å². The Kier molecular flexibility index (Phi) is 6.48. The van der Waals surface area contributed by atoms with E-state index in [1.165, 1.54) is 32.1 Å². The van der Waals surface area contributed by atoms with Crippen molar-refractivity contribution in [1.82, 2.24) is 25.0 Å². The molecule has 1 aliphatic heterocycles. The second kappa shape index (κ2) is 8.63. The second-order valence-corrected chi connectivity index (χ2v) is 9.10. The summed E-state index contributed by atoms with van der Waals surface area (Å²) in [5.74, 6) is 2.19. The van der Waals surface area contributed by atoms with Crippen LogP contribution in [-0.2, 0) is 6.42 Å². The molecule has 0 radical (unpaired) electrons. The zero-order chi connectivity index (χ0) is 18.6. The first-order valence-electron chi connectivity index (χ1n) is 9.97. The van der Waals surface area contributed by atoms with Gasteiger partial charge in [0.05, 0.1) is 0 Å². The quantitative estimate of drug-likeness (QED) is 0.356. The summed E-state index contributed by atoms with van der Waals surface area (Å²) in [6.45, 7) is 7.77. The molecule has 0 aromatic carbocycles. The van der Waals surface area contributed by atoms with E-state index >= 15 is 0 Å². The van der Waals surface area contributed by atoms with Crippen molar-refractivity contribution in [2.75, 3.05) is 32.9 Å². The Bertz CT molecular complexity index is 618. The SMILES string of the molecule is CN=C(NCCCc1nnc(SC)n1C1CCCC1)N1CCC(C)(C)C1. The molecule has 6 nitrogen and oxygen atoms in total. The molecule has 1 saturated carbocycles. The lowest BCUT2D eigenvalue weighted by Crippen LogP contribution is -2.41. The molecule has 1 aromatic rings. The summed E-state index contributed by atoms with van der Waals surface area (Å²) in [5, 5.41) is 13.5. The van der Waals surface area contributed by atoms with Gasteiger partial charge in [0, 0.05) is 39.1 Å². The fourth-order valence-electron chi connectivity index (χ4n) is 4.22. The van der Waals surface area contributed by atoms with E-state index in [2.05, 4.69) is 50.1 Å². The predicted molar refractivity (Wildman–Crippen MR) is 109 cm³/mol. The molecule has 0 atom stereocenters. The normalized spacial score (nSPS) is 20.9. The van der Waals surface area contributed by atoms with E-state index in [-0.39, 0.29) is 0 Å². The van der Waals surface area contributed by atoms with Gasteiger partial charge in [-0.1, -0.05) is 38.5 Å². The highest BCUT2D eigenvalue weighted by Gasteiger charge is 2.30. The topological polar surface area (TPSA) is 58.3 Å². The molecule has 0 bridgehead atoms. The lowest BCUT2D eigenvalue weighted by Gasteiger charge is -2.23. The zero-order valence-electron chi connectivity index (χ0n) is 16.8. The van der Waals surface area contributed by atoms with Gasteiger partial charge in [-0.15, -0.1) is 10.2 Å². The van der Waals surface area contributed by atoms with Crippen LogP contribution in [0.4, 0.5) is 0 Å². The van der Waals surface area contributed by atoms with E-state index in [1.807, 2.05) is 7.05 Å². The maximum absolute atomic E-state index is 4.49. The van der Waals surface area contributed by atoms with Crippen molar-refractivity contribution in [2.45, 2.75) is 70.0 Å². The van der Waals surface area contributed by atoms with Crippen LogP contribution in [0, 0.1) is 5.41 Å². The Morgan fingerprint density at radius 1 is 1.31 bits per heavy atom. The van der Waals surface area contributed by atoms with Gasteiger partial charge in [0.15, 0.2) is 11.1 Å². The number of aryl methyl sites for hydroxylation is 1. The fourth-order valence-corrected chi connectivity index (χ4v) is 4.79. The maximum atomic E-state index is 4.49. The van der Waals surface area contributed by atoms with Gasteiger partial charge >= 0.3 is 0 Å². The number of aromatic nitrogens is 3. The molecular weight excluding hydrogens is 344 g/mol. The smallest absolute Gasteiger partial charge is 0.193 e. The summed E-state index contributed by atoms with van der Waals surface area (Å²) >= 11 is 1.72. The maximum Gasteiger partial charge on any atom is 0.193 e. The molecule has 146 valence electrons. The first kappa shape index (κ1) is 19.5. The van der Waals surface area contributed by atoms with Gasteiger partial charge in [0.2, 0.25) is 0 Å². The molecule has 1 aliphatic carbocycles. The predicted octanol–water partition coefficient (Wildman–Crippen LogP) is 3.36. The summed E-state index contributed by atoms with van der Waals surface area (Å²) in [7, 11) is 1.88. The van der Waals surface area contributed by atoms with Crippen molar-refractivity contribution in [3.63, 3.8) is 0 Å². The monoisotopic (exact) mass is 378 g/mol. The van der Waals surface area contributed by atoms with Crippen LogP contribution in [0.1, 0.15) is 64.2 Å². The van der Waals surface area contributed by atoms with Crippen molar-refractivity contribution >= 4 is 17.7 Å². The summed E-state index contributed by atoms with van der Waals surface area (Å²) in [6, 6.07) is 0.606. The number of guanidine groups is 1. The molecule has 1 saturated heterocycles. The van der Waals surface area contributed by atoms with Crippen molar-refractivity contribution < 1.29 is 0 Å². The minimum atomic E-state index is 0.392. The van der Waals surface area contributed by atoms with Crippen LogP contribution >= 0.6 is 11.8 Å². The molecule has 7 heteroatoms. The van der Waals surface area contributed by atoms with Gasteiger partial charge in [-0.2, -0.15) is 0 Å². The minimum absolute atomic E-state index is 0.392. The van der Waals surface area contributed by atoms with E-state index in [1.54, 1.807) is 11.8 Å². The Labute approximate surface area is 162 Å². The standard InChI is InChI=1S/C19H34N6S/c1-19(2)11-13-24(14-19)17(20-3)21-12-7-10-16-22-23-18(26-4)25(16)15-8-5-6-9-15/h15H,5-14H2,1-4H3,(H,20,21). The van der Waals surface area contributed by atoms with E-state index in [0.29, 0.717) is 11.5 Å². The molecule has 2 aliphatic rings. The number of aliphatic imine (C=N–C) groups is 1. The van der Waals surface area contributed by atoms with Gasteiger partial charge in [-0.05, 0) is 37.4 Å². The summed E-state index contributed by atoms with van der Waals surface area (Å²) in [5.41, 5.74) is 0.392. The molecule has 26 heavy (non-hydrogen) atoms. The Hall–Kier alpha value is -1.24. The average Bonchev–Trinajstić information content (AvgIpc) is 3.34. The lowest BCUT2D eigenvalue weighted by atomic mass is 9.93. The van der Waals surface area contributed by atoms with Crippen LogP contribution in [0.15, 0.2) is 10.1 Å². The van der Waals surface area contributed by atoms with Gasteiger partial charge in [0.1, 0.15) is 5.82 Å². The average molecular weight is 379 g/mol. The fraction of sp³-hybridized carbons (Fsp3) is 0.842. The highest BCUT2D eigenvalue weighted by atomic mass is 32.2. The van der Waals surface area contributed by atoms with Gasteiger partial charge in [-0.25, -0.2) is 0 Å². The number of hydrogen-bond acceptors (Lipinski definition) is 4. The third-order valence-corrected chi connectivity index (χ3v) is 6.30. The summed E-state index contributed by atoms with van der Waals surface area (Å²) in [6.07, 6.45) is 10.6. The zero-order valence-corrected chi connectivity index (χ0v) is 17.6. The van der Waals surface area contributed by atoms with Gasteiger partial charge in [-0.3, -0.25) is 4.99 Å². The Morgan fingerprint density at radius 3 is 2.69 bits per heavy atom. The largest absolute Gasteiger partial charge is 0.356 e. The van der Waals surface area contributed by atoms with Gasteiger partial charge < -0.3 is 14.8 Å². The highest BCUT2D eigenvalue weighted by molar-refractivity contribution is 7.98. The number of rotatable bonds is 6. The molecule has 1 N–H and O–H groups in total. The number of nitrogens with one attached hydrogen (secondary N) is 1. The van der Waals surface area contributed by atoms with Crippen LogP contribution < -0.4 is 5.32 Å². The minimum Gasteiger partial charge on any atom is -0.356 e. The van der Waals surface area contributed by atoms with E-state index < -0.39 is 0 Å². The lowest BCUT2D eigenvalue weighted by molar-refractivity contribution is 0.370. The van der Waals surface area contributed by atoms with Crippen LogP contribution in [-0.4, -0.2) is 58.6 Å². The molecule has 2 heterocycles. The van der Waals surface area contributed by atoms with Crippen molar-refractivity contribution in [3.05, 3.63) is 5.82 Å². The first-order valence-corrected chi connectivity index (χ1v) is 11.2. The highest BCUT2D eigenvalue weighted by Crippen LogP contribution is 2.33. The molecule has 0 spiro atoms. The van der Waals surface area contributed by atoms with Crippen LogP contribution in [0.3, 0.4) is 0 Å². The van der Waals surface area contributed by atoms with Crippen LogP contribution in [0.5, 0.6) is 0 Å². The molecule has 1 aromatic heterocycles. The summed E-state index contributed by atoms with van der Waals surface area (Å²) in [4.78, 5) is 6.85. The van der Waals surface area contributed by atoms with Crippen molar-refractivity contribution in [3.8, 4) is 0 Å².